The van der Waals surface area contributed by atoms with Crippen LogP contribution in [0.25, 0.3) is 0 Å². The minimum atomic E-state index is -0.424. The van der Waals surface area contributed by atoms with Crippen LogP contribution in [0.4, 0.5) is 4.39 Å². The summed E-state index contributed by atoms with van der Waals surface area (Å²) in [6.07, 6.45) is 0. The zero-order valence-electron chi connectivity index (χ0n) is 11.5. The van der Waals surface area contributed by atoms with Crippen LogP contribution in [0.5, 0.6) is 0 Å². The second kappa shape index (κ2) is 6.48. The Hall–Kier alpha value is -0.940. The highest BCUT2D eigenvalue weighted by Crippen LogP contribution is 2.19. The van der Waals surface area contributed by atoms with Gasteiger partial charge in [0, 0.05) is 23.1 Å². The number of amides is 1. The van der Waals surface area contributed by atoms with Crippen LogP contribution < -0.4 is 5.73 Å². The first-order valence-electron chi connectivity index (χ1n) is 6.24. The Labute approximate surface area is 122 Å². The summed E-state index contributed by atoms with van der Waals surface area (Å²) >= 11 is 3.20. The van der Waals surface area contributed by atoms with Crippen LogP contribution in [-0.2, 0) is 0 Å². The SMILES string of the molecule is CCN(CC(C)(C)CN)C(=O)c1cc(F)cc(Br)c1. The molecule has 19 heavy (non-hydrogen) atoms. The number of hydrogen-bond donors (Lipinski definition) is 1. The van der Waals surface area contributed by atoms with Crippen LogP contribution in [0.3, 0.4) is 0 Å². The molecule has 0 aliphatic carbocycles. The molecule has 5 heteroatoms. The van der Waals surface area contributed by atoms with Crippen molar-refractivity contribution in [3.63, 3.8) is 0 Å². The summed E-state index contributed by atoms with van der Waals surface area (Å²) in [7, 11) is 0. The van der Waals surface area contributed by atoms with Crippen molar-refractivity contribution in [3.05, 3.63) is 34.1 Å². The van der Waals surface area contributed by atoms with E-state index in [1.165, 1.54) is 12.1 Å². The first kappa shape index (κ1) is 16.1. The van der Waals surface area contributed by atoms with Crippen LogP contribution in [0, 0.1) is 11.2 Å². The summed E-state index contributed by atoms with van der Waals surface area (Å²) in [6, 6.07) is 4.21. The lowest BCUT2D eigenvalue weighted by molar-refractivity contribution is 0.0700. The summed E-state index contributed by atoms with van der Waals surface area (Å²) < 4.78 is 13.9. The topological polar surface area (TPSA) is 46.3 Å². The number of carbonyl (C=O) groups is 1. The van der Waals surface area contributed by atoms with Crippen LogP contribution in [0.1, 0.15) is 31.1 Å². The van der Waals surface area contributed by atoms with Crippen LogP contribution >= 0.6 is 15.9 Å². The molecule has 1 amide bonds. The van der Waals surface area contributed by atoms with Gasteiger partial charge in [-0.2, -0.15) is 0 Å². The molecule has 0 aromatic heterocycles. The maximum Gasteiger partial charge on any atom is 0.254 e. The summed E-state index contributed by atoms with van der Waals surface area (Å²) in [5.74, 6) is -0.601. The number of nitrogens with two attached hydrogens (primary N) is 1. The number of carbonyl (C=O) groups excluding carboxylic acids is 1. The fourth-order valence-corrected chi connectivity index (χ4v) is 2.23. The Morgan fingerprint density at radius 3 is 2.53 bits per heavy atom. The van der Waals surface area contributed by atoms with Crippen molar-refractivity contribution in [2.75, 3.05) is 19.6 Å². The third-order valence-corrected chi connectivity index (χ3v) is 3.41. The summed E-state index contributed by atoms with van der Waals surface area (Å²) in [5, 5.41) is 0. The van der Waals surface area contributed by atoms with Crippen molar-refractivity contribution in [2.45, 2.75) is 20.8 Å². The zero-order valence-corrected chi connectivity index (χ0v) is 13.1. The minimum Gasteiger partial charge on any atom is -0.338 e. The summed E-state index contributed by atoms with van der Waals surface area (Å²) in [5.41, 5.74) is 5.88. The normalized spacial score (nSPS) is 11.5. The average molecular weight is 331 g/mol. The number of nitrogens with zero attached hydrogens (tertiary/aromatic N) is 1. The Bertz CT molecular complexity index is 443. The molecular formula is C14H20BrFN2O. The Morgan fingerprint density at radius 1 is 1.42 bits per heavy atom. The second-order valence-corrected chi connectivity index (χ2v) is 6.26. The molecule has 2 N–H and O–H groups in total. The van der Waals surface area contributed by atoms with E-state index in [1.54, 1.807) is 11.0 Å². The molecule has 3 nitrogen and oxygen atoms in total. The summed E-state index contributed by atoms with van der Waals surface area (Å²) in [4.78, 5) is 14.1. The fourth-order valence-electron chi connectivity index (χ4n) is 1.77. The van der Waals surface area contributed by atoms with E-state index in [0.717, 1.165) is 0 Å². The fraction of sp³-hybridized carbons (Fsp3) is 0.500. The van der Waals surface area contributed by atoms with Gasteiger partial charge in [0.1, 0.15) is 5.82 Å². The predicted molar refractivity (Wildman–Crippen MR) is 78.5 cm³/mol. The van der Waals surface area contributed by atoms with Crippen LogP contribution in [0.15, 0.2) is 22.7 Å². The standard InChI is InChI=1S/C14H20BrFN2O/c1-4-18(9-14(2,3)8-17)13(19)10-5-11(15)7-12(16)6-10/h5-7H,4,8-9,17H2,1-3H3. The van der Waals surface area contributed by atoms with E-state index in [-0.39, 0.29) is 11.3 Å². The minimum absolute atomic E-state index is 0.157. The highest BCUT2D eigenvalue weighted by Gasteiger charge is 2.23. The molecular weight excluding hydrogens is 311 g/mol. The van der Waals surface area contributed by atoms with Gasteiger partial charge in [0.25, 0.3) is 5.91 Å². The van der Waals surface area contributed by atoms with Gasteiger partial charge < -0.3 is 10.6 Å². The smallest absolute Gasteiger partial charge is 0.254 e. The van der Waals surface area contributed by atoms with Gasteiger partial charge in [0.05, 0.1) is 0 Å². The number of benzene rings is 1. The van der Waals surface area contributed by atoms with Gasteiger partial charge >= 0.3 is 0 Å². The van der Waals surface area contributed by atoms with E-state index >= 15 is 0 Å². The molecule has 0 atom stereocenters. The molecule has 0 saturated carbocycles. The van der Waals surface area contributed by atoms with E-state index in [0.29, 0.717) is 29.7 Å². The predicted octanol–water partition coefficient (Wildman–Crippen LogP) is 3.04. The van der Waals surface area contributed by atoms with Gasteiger partial charge in [-0.3, -0.25) is 4.79 Å². The zero-order chi connectivity index (χ0) is 14.6. The molecule has 0 aliphatic rings. The molecule has 1 aromatic carbocycles. The molecule has 1 aromatic rings. The van der Waals surface area contributed by atoms with E-state index in [1.807, 2.05) is 20.8 Å². The third kappa shape index (κ3) is 4.58. The first-order chi connectivity index (χ1) is 8.79. The Kier molecular flexibility index (Phi) is 5.50. The molecule has 0 aliphatic heterocycles. The molecule has 0 bridgehead atoms. The van der Waals surface area contributed by atoms with E-state index in [9.17, 15) is 9.18 Å². The maximum atomic E-state index is 13.3. The van der Waals surface area contributed by atoms with Crippen molar-refractivity contribution >= 4 is 21.8 Å². The van der Waals surface area contributed by atoms with Gasteiger partial charge in [-0.25, -0.2) is 4.39 Å². The molecule has 1 rings (SSSR count). The largest absolute Gasteiger partial charge is 0.338 e. The van der Waals surface area contributed by atoms with E-state index in [4.69, 9.17) is 5.73 Å². The van der Waals surface area contributed by atoms with Gasteiger partial charge in [-0.15, -0.1) is 0 Å². The molecule has 0 saturated heterocycles. The number of hydrogen-bond acceptors (Lipinski definition) is 2. The number of rotatable bonds is 5. The lowest BCUT2D eigenvalue weighted by atomic mass is 9.93. The molecule has 0 unspecified atom stereocenters. The molecule has 0 heterocycles. The highest BCUT2D eigenvalue weighted by atomic mass is 79.9. The van der Waals surface area contributed by atoms with Crippen LogP contribution in [-0.4, -0.2) is 30.4 Å². The molecule has 0 fully saturated rings. The van der Waals surface area contributed by atoms with Crippen molar-refractivity contribution < 1.29 is 9.18 Å². The van der Waals surface area contributed by atoms with Crippen molar-refractivity contribution in [3.8, 4) is 0 Å². The van der Waals surface area contributed by atoms with E-state index < -0.39 is 5.82 Å². The Morgan fingerprint density at radius 2 is 2.05 bits per heavy atom. The summed E-state index contributed by atoms with van der Waals surface area (Å²) in [6.45, 7) is 7.51. The third-order valence-electron chi connectivity index (χ3n) is 2.95. The van der Waals surface area contributed by atoms with Crippen molar-refractivity contribution in [1.29, 1.82) is 0 Å². The van der Waals surface area contributed by atoms with Crippen molar-refractivity contribution in [2.24, 2.45) is 11.1 Å². The van der Waals surface area contributed by atoms with Gasteiger partial charge in [0.15, 0.2) is 0 Å². The Balaban J connectivity index is 2.95. The first-order valence-corrected chi connectivity index (χ1v) is 7.04. The number of halogens is 2. The second-order valence-electron chi connectivity index (χ2n) is 5.35. The lowest BCUT2D eigenvalue weighted by Gasteiger charge is -2.31. The lowest BCUT2D eigenvalue weighted by Crippen LogP contribution is -2.42. The average Bonchev–Trinajstić information content (AvgIpc) is 2.34. The molecule has 106 valence electrons. The molecule has 0 radical (unpaired) electrons. The monoisotopic (exact) mass is 330 g/mol. The van der Waals surface area contributed by atoms with Gasteiger partial charge in [0.2, 0.25) is 0 Å². The van der Waals surface area contributed by atoms with Gasteiger partial charge in [-0.1, -0.05) is 29.8 Å². The quantitative estimate of drug-likeness (QED) is 0.901. The highest BCUT2D eigenvalue weighted by molar-refractivity contribution is 9.10. The van der Waals surface area contributed by atoms with Gasteiger partial charge in [-0.05, 0) is 37.1 Å². The van der Waals surface area contributed by atoms with E-state index in [2.05, 4.69) is 15.9 Å². The maximum absolute atomic E-state index is 13.3. The molecule has 0 spiro atoms. The van der Waals surface area contributed by atoms with Crippen LogP contribution in [0.2, 0.25) is 0 Å². The van der Waals surface area contributed by atoms with Crippen molar-refractivity contribution in [1.82, 2.24) is 4.90 Å².